The Labute approximate surface area is 124 Å². The number of carbonyl (C=O) groups excluding carboxylic acids is 1. The van der Waals surface area contributed by atoms with Crippen molar-refractivity contribution in [2.75, 3.05) is 6.54 Å². The lowest BCUT2D eigenvalue weighted by Crippen LogP contribution is -2.38. The molecule has 4 heteroatoms. The Kier molecular flexibility index (Phi) is 3.86. The van der Waals surface area contributed by atoms with Crippen molar-refractivity contribution in [1.82, 2.24) is 9.88 Å². The number of likely N-dealkylation sites (tertiary alicyclic amines) is 1. The SMILES string of the molecule is O=C(c1ccccc1O)N1CCCCC1c1cccnc1. The number of hydrogen-bond donors (Lipinski definition) is 1. The van der Waals surface area contributed by atoms with Gasteiger partial charge in [-0.3, -0.25) is 9.78 Å². The van der Waals surface area contributed by atoms with Gasteiger partial charge in [0.2, 0.25) is 0 Å². The number of amides is 1. The van der Waals surface area contributed by atoms with Crippen LogP contribution in [0.3, 0.4) is 0 Å². The minimum Gasteiger partial charge on any atom is -0.507 e. The lowest BCUT2D eigenvalue weighted by Gasteiger charge is -2.36. The van der Waals surface area contributed by atoms with Gasteiger partial charge in [-0.25, -0.2) is 0 Å². The van der Waals surface area contributed by atoms with Crippen LogP contribution in [0.2, 0.25) is 0 Å². The number of hydrogen-bond acceptors (Lipinski definition) is 3. The number of carbonyl (C=O) groups is 1. The summed E-state index contributed by atoms with van der Waals surface area (Å²) in [5.74, 6) is -0.0698. The van der Waals surface area contributed by atoms with Crippen LogP contribution in [0.15, 0.2) is 48.8 Å². The molecule has 1 atom stereocenters. The van der Waals surface area contributed by atoms with Crippen molar-refractivity contribution in [2.24, 2.45) is 0 Å². The number of piperidine rings is 1. The van der Waals surface area contributed by atoms with E-state index >= 15 is 0 Å². The van der Waals surface area contributed by atoms with Crippen molar-refractivity contribution >= 4 is 5.91 Å². The molecule has 1 amide bonds. The molecule has 1 fully saturated rings. The molecule has 4 nitrogen and oxygen atoms in total. The Balaban J connectivity index is 1.91. The largest absolute Gasteiger partial charge is 0.507 e. The molecule has 1 saturated heterocycles. The second-order valence-electron chi connectivity index (χ2n) is 5.31. The second-order valence-corrected chi connectivity index (χ2v) is 5.31. The highest BCUT2D eigenvalue weighted by molar-refractivity contribution is 5.97. The Morgan fingerprint density at radius 2 is 2.05 bits per heavy atom. The molecule has 0 spiro atoms. The van der Waals surface area contributed by atoms with Crippen molar-refractivity contribution in [3.8, 4) is 5.75 Å². The number of aromatic nitrogens is 1. The third-order valence-electron chi connectivity index (χ3n) is 3.97. The highest BCUT2D eigenvalue weighted by Crippen LogP contribution is 2.32. The van der Waals surface area contributed by atoms with E-state index in [4.69, 9.17) is 0 Å². The van der Waals surface area contributed by atoms with Crippen LogP contribution in [0, 0.1) is 0 Å². The molecular formula is C17H18N2O2. The normalized spacial score (nSPS) is 18.5. The Morgan fingerprint density at radius 3 is 2.81 bits per heavy atom. The first-order valence-electron chi connectivity index (χ1n) is 7.26. The van der Waals surface area contributed by atoms with Gasteiger partial charge in [0.1, 0.15) is 5.75 Å². The molecule has 1 aliphatic rings. The number of rotatable bonds is 2. The third-order valence-corrected chi connectivity index (χ3v) is 3.97. The van der Waals surface area contributed by atoms with Crippen molar-refractivity contribution in [2.45, 2.75) is 25.3 Å². The van der Waals surface area contributed by atoms with Gasteiger partial charge in [-0.05, 0) is 43.0 Å². The highest BCUT2D eigenvalue weighted by Gasteiger charge is 2.29. The number of phenols is 1. The maximum absolute atomic E-state index is 12.7. The lowest BCUT2D eigenvalue weighted by molar-refractivity contribution is 0.0608. The van der Waals surface area contributed by atoms with E-state index < -0.39 is 0 Å². The highest BCUT2D eigenvalue weighted by atomic mass is 16.3. The monoisotopic (exact) mass is 282 g/mol. The minimum absolute atomic E-state index is 0.0398. The smallest absolute Gasteiger partial charge is 0.258 e. The van der Waals surface area contributed by atoms with E-state index in [0.717, 1.165) is 24.8 Å². The summed E-state index contributed by atoms with van der Waals surface area (Å²) in [4.78, 5) is 18.8. The number of para-hydroxylation sites is 1. The van der Waals surface area contributed by atoms with E-state index in [0.29, 0.717) is 12.1 Å². The zero-order chi connectivity index (χ0) is 14.7. The molecule has 3 rings (SSSR count). The van der Waals surface area contributed by atoms with Gasteiger partial charge in [0.25, 0.3) is 5.91 Å². The fourth-order valence-corrected chi connectivity index (χ4v) is 2.90. The van der Waals surface area contributed by atoms with E-state index in [-0.39, 0.29) is 17.7 Å². The topological polar surface area (TPSA) is 53.4 Å². The van der Waals surface area contributed by atoms with Crippen LogP contribution in [0.5, 0.6) is 5.75 Å². The summed E-state index contributed by atoms with van der Waals surface area (Å²) in [6.45, 7) is 0.715. The van der Waals surface area contributed by atoms with Crippen LogP contribution in [0.25, 0.3) is 0 Å². The zero-order valence-electron chi connectivity index (χ0n) is 11.8. The summed E-state index contributed by atoms with van der Waals surface area (Å²) in [7, 11) is 0. The van der Waals surface area contributed by atoms with Gasteiger partial charge < -0.3 is 10.0 Å². The predicted octanol–water partition coefficient (Wildman–Crippen LogP) is 3.15. The maximum atomic E-state index is 12.7. The van der Waals surface area contributed by atoms with Gasteiger partial charge in [-0.15, -0.1) is 0 Å². The predicted molar refractivity (Wildman–Crippen MR) is 80.0 cm³/mol. The van der Waals surface area contributed by atoms with Crippen molar-refractivity contribution in [3.05, 3.63) is 59.9 Å². The van der Waals surface area contributed by atoms with Crippen LogP contribution in [-0.2, 0) is 0 Å². The summed E-state index contributed by atoms with van der Waals surface area (Å²) < 4.78 is 0. The second kappa shape index (κ2) is 5.95. The Hall–Kier alpha value is -2.36. The first-order valence-corrected chi connectivity index (χ1v) is 7.26. The molecule has 0 radical (unpaired) electrons. The molecule has 1 unspecified atom stereocenters. The molecule has 21 heavy (non-hydrogen) atoms. The molecule has 2 aromatic rings. The van der Waals surface area contributed by atoms with Gasteiger partial charge >= 0.3 is 0 Å². The molecule has 108 valence electrons. The Bertz CT molecular complexity index is 628. The molecule has 1 aromatic carbocycles. The molecule has 0 saturated carbocycles. The quantitative estimate of drug-likeness (QED) is 0.920. The molecule has 1 N–H and O–H groups in total. The van der Waals surface area contributed by atoms with E-state index in [1.165, 1.54) is 0 Å². The summed E-state index contributed by atoms with van der Waals surface area (Å²) >= 11 is 0. The van der Waals surface area contributed by atoms with E-state index in [1.54, 1.807) is 30.5 Å². The fourth-order valence-electron chi connectivity index (χ4n) is 2.90. The van der Waals surface area contributed by atoms with Gasteiger partial charge in [0.15, 0.2) is 0 Å². The molecule has 1 aromatic heterocycles. The van der Waals surface area contributed by atoms with Crippen LogP contribution in [0.4, 0.5) is 0 Å². The minimum atomic E-state index is -0.110. The van der Waals surface area contributed by atoms with Crippen molar-refractivity contribution in [1.29, 1.82) is 0 Å². The fraction of sp³-hybridized carbons (Fsp3) is 0.294. The molecule has 2 heterocycles. The van der Waals surface area contributed by atoms with Gasteiger partial charge in [0, 0.05) is 18.9 Å². The standard InChI is InChI=1S/C17H18N2O2/c20-16-9-2-1-7-14(16)17(21)19-11-4-3-8-15(19)13-6-5-10-18-12-13/h1-2,5-7,9-10,12,15,20H,3-4,8,11H2. The Morgan fingerprint density at radius 1 is 1.19 bits per heavy atom. The molecule has 0 aliphatic carbocycles. The lowest BCUT2D eigenvalue weighted by atomic mass is 9.95. The average molecular weight is 282 g/mol. The van der Waals surface area contributed by atoms with Crippen molar-refractivity contribution < 1.29 is 9.90 Å². The van der Waals surface area contributed by atoms with E-state index in [2.05, 4.69) is 4.98 Å². The first-order chi connectivity index (χ1) is 10.3. The molecular weight excluding hydrogens is 264 g/mol. The van der Waals surface area contributed by atoms with Crippen molar-refractivity contribution in [3.63, 3.8) is 0 Å². The summed E-state index contributed by atoms with van der Waals surface area (Å²) in [6.07, 6.45) is 6.59. The number of aromatic hydroxyl groups is 1. The summed E-state index contributed by atoms with van der Waals surface area (Å²) in [6, 6.07) is 10.7. The summed E-state index contributed by atoms with van der Waals surface area (Å²) in [5, 5.41) is 9.91. The third kappa shape index (κ3) is 2.75. The van der Waals surface area contributed by atoms with Crippen LogP contribution in [-0.4, -0.2) is 27.4 Å². The van der Waals surface area contributed by atoms with Gasteiger partial charge in [0.05, 0.1) is 11.6 Å². The van der Waals surface area contributed by atoms with Crippen LogP contribution >= 0.6 is 0 Å². The van der Waals surface area contributed by atoms with Gasteiger partial charge in [-0.1, -0.05) is 18.2 Å². The molecule has 0 bridgehead atoms. The number of nitrogens with zero attached hydrogens (tertiary/aromatic N) is 2. The van der Waals surface area contributed by atoms with Gasteiger partial charge in [-0.2, -0.15) is 0 Å². The van der Waals surface area contributed by atoms with Crippen LogP contribution < -0.4 is 0 Å². The van der Waals surface area contributed by atoms with E-state index in [9.17, 15) is 9.90 Å². The zero-order valence-corrected chi connectivity index (χ0v) is 11.8. The average Bonchev–Trinajstić information content (AvgIpc) is 2.55. The van der Waals surface area contributed by atoms with Crippen LogP contribution in [0.1, 0.15) is 41.2 Å². The maximum Gasteiger partial charge on any atom is 0.258 e. The first kappa shape index (κ1) is 13.6. The summed E-state index contributed by atoms with van der Waals surface area (Å²) in [5.41, 5.74) is 1.43. The number of pyridine rings is 1. The number of benzene rings is 1. The van der Waals surface area contributed by atoms with E-state index in [1.807, 2.05) is 23.2 Å². The number of phenolic OH excluding ortho intramolecular Hbond substituents is 1. The molecule has 1 aliphatic heterocycles.